The highest BCUT2D eigenvalue weighted by atomic mass is 35.5. The van der Waals surface area contributed by atoms with Gasteiger partial charge in [0, 0.05) is 48.2 Å². The Morgan fingerprint density at radius 3 is 2.86 bits per heavy atom. The molecular weight excluding hydrogens is 517 g/mol. The first-order chi connectivity index (χ1) is 17.9. The minimum atomic E-state index is -0.482. The van der Waals surface area contributed by atoms with Gasteiger partial charge in [-0.05, 0) is 38.0 Å². The predicted octanol–water partition coefficient (Wildman–Crippen LogP) is 3.35. The zero-order valence-corrected chi connectivity index (χ0v) is 22.2. The molecule has 3 aromatic rings. The summed E-state index contributed by atoms with van der Waals surface area (Å²) in [5.74, 6) is -0.0624. The average Bonchev–Trinajstić information content (AvgIpc) is 3.64. The van der Waals surface area contributed by atoms with Gasteiger partial charge in [0.15, 0.2) is 10.4 Å². The summed E-state index contributed by atoms with van der Waals surface area (Å²) in [6.07, 6.45) is 4.95. The fraction of sp³-hybridized carbons (Fsp3) is 0.440. The molecule has 9 nitrogen and oxygen atoms in total. The van der Waals surface area contributed by atoms with E-state index in [2.05, 4.69) is 10.3 Å². The summed E-state index contributed by atoms with van der Waals surface area (Å²) in [5.41, 5.74) is 2.06. The molecule has 2 aromatic heterocycles. The van der Waals surface area contributed by atoms with E-state index in [1.165, 1.54) is 23.6 Å². The molecule has 1 aliphatic carbocycles. The standard InChI is InChI=1S/C25H29ClFN7O2S/c1-14-12-33(13-20(36-14)15(10-28)11-30-17-4-5-17)24-31-21(18-6-3-16(26)9-19(18)27)22-23(32-24)34(7-8-35)25(29-2)37-22/h3,6,9-11,14,17,20,28,30,35H,4-5,7-8,12-13H2,1-2H3/b15-11+,28-10?,29-25-. The molecule has 2 atom stereocenters. The molecule has 3 heterocycles. The number of halogens is 2. The largest absolute Gasteiger partial charge is 0.395 e. The summed E-state index contributed by atoms with van der Waals surface area (Å²) in [4.78, 5) is 16.7. The van der Waals surface area contributed by atoms with Crippen LogP contribution >= 0.6 is 22.9 Å². The SMILES string of the molecule is C/N=c1\sc2c(-c3ccc(Cl)cc3F)nc(N3CC(C)OC(/C(C=N)=C/NC4CC4)C3)nc2n1CCO. The van der Waals surface area contributed by atoms with Crippen molar-refractivity contribution in [3.63, 3.8) is 0 Å². The highest BCUT2D eigenvalue weighted by Crippen LogP contribution is 2.34. The van der Waals surface area contributed by atoms with Crippen LogP contribution in [0.25, 0.3) is 21.6 Å². The Balaban J connectivity index is 1.62. The lowest BCUT2D eigenvalue weighted by molar-refractivity contribution is 0.00652. The van der Waals surface area contributed by atoms with Crippen molar-refractivity contribution in [1.82, 2.24) is 19.9 Å². The Morgan fingerprint density at radius 1 is 1.38 bits per heavy atom. The van der Waals surface area contributed by atoms with Crippen molar-refractivity contribution in [1.29, 1.82) is 5.41 Å². The fourth-order valence-electron chi connectivity index (χ4n) is 4.40. The molecule has 1 saturated carbocycles. The van der Waals surface area contributed by atoms with Gasteiger partial charge in [0.1, 0.15) is 16.6 Å². The number of aliphatic hydroxyl groups is 1. The lowest BCUT2D eigenvalue weighted by atomic mass is 10.1. The number of nitrogens with one attached hydrogen (secondary N) is 2. The summed E-state index contributed by atoms with van der Waals surface area (Å²) in [7, 11) is 1.67. The Bertz CT molecular complexity index is 1420. The van der Waals surface area contributed by atoms with Crippen LogP contribution in [0, 0.1) is 11.2 Å². The zero-order chi connectivity index (χ0) is 26.1. The normalized spacial score (nSPS) is 21.1. The Labute approximate surface area is 222 Å². The molecule has 2 aliphatic rings. The third-order valence-corrected chi connectivity index (χ3v) is 7.76. The molecular formula is C25H29ClFN7O2S. The molecule has 5 rings (SSSR count). The van der Waals surface area contributed by atoms with Crippen molar-refractivity contribution >= 4 is 45.4 Å². The number of ether oxygens (including phenoxy) is 1. The second kappa shape index (κ2) is 10.9. The number of anilines is 1. The van der Waals surface area contributed by atoms with E-state index in [4.69, 9.17) is 31.7 Å². The molecule has 0 amide bonds. The first-order valence-electron chi connectivity index (χ1n) is 12.2. The summed E-state index contributed by atoms with van der Waals surface area (Å²) >= 11 is 7.37. The summed E-state index contributed by atoms with van der Waals surface area (Å²) in [6.45, 7) is 3.13. The van der Waals surface area contributed by atoms with E-state index in [1.807, 2.05) is 22.6 Å². The first-order valence-corrected chi connectivity index (χ1v) is 13.4. The van der Waals surface area contributed by atoms with Gasteiger partial charge in [0.05, 0.1) is 31.5 Å². The number of hydrogen-bond donors (Lipinski definition) is 3. The highest BCUT2D eigenvalue weighted by molar-refractivity contribution is 7.16. The van der Waals surface area contributed by atoms with Crippen molar-refractivity contribution in [2.75, 3.05) is 31.6 Å². The van der Waals surface area contributed by atoms with E-state index in [0.29, 0.717) is 63.1 Å². The number of rotatable bonds is 8. The molecule has 1 aromatic carbocycles. The molecule has 1 saturated heterocycles. The number of morpholine rings is 1. The van der Waals surface area contributed by atoms with E-state index in [0.717, 1.165) is 18.4 Å². The topological polar surface area (TPSA) is 112 Å². The predicted molar refractivity (Wildman–Crippen MR) is 144 cm³/mol. The lowest BCUT2D eigenvalue weighted by Gasteiger charge is -2.37. The second-order valence-electron chi connectivity index (χ2n) is 9.20. The summed E-state index contributed by atoms with van der Waals surface area (Å²) in [5, 5.41) is 21.3. The maximum Gasteiger partial charge on any atom is 0.228 e. The quantitative estimate of drug-likeness (QED) is 0.374. The monoisotopic (exact) mass is 545 g/mol. The van der Waals surface area contributed by atoms with Crippen molar-refractivity contribution < 1.29 is 14.2 Å². The van der Waals surface area contributed by atoms with Gasteiger partial charge in [-0.2, -0.15) is 4.98 Å². The summed E-state index contributed by atoms with van der Waals surface area (Å²) in [6, 6.07) is 4.99. The molecule has 0 radical (unpaired) electrons. The summed E-state index contributed by atoms with van der Waals surface area (Å²) < 4.78 is 23.8. The molecule has 37 heavy (non-hydrogen) atoms. The number of nitrogens with zero attached hydrogens (tertiary/aromatic N) is 5. The number of aliphatic hydroxyl groups excluding tert-OH is 1. The first kappa shape index (κ1) is 25.8. The van der Waals surface area contributed by atoms with Gasteiger partial charge >= 0.3 is 0 Å². The van der Waals surface area contributed by atoms with Gasteiger partial charge in [-0.3, -0.25) is 9.56 Å². The van der Waals surface area contributed by atoms with Crippen LogP contribution < -0.4 is 15.0 Å². The lowest BCUT2D eigenvalue weighted by Crippen LogP contribution is -2.48. The van der Waals surface area contributed by atoms with Crippen LogP contribution in [0.1, 0.15) is 19.8 Å². The van der Waals surface area contributed by atoms with Crippen LogP contribution in [0.4, 0.5) is 10.3 Å². The van der Waals surface area contributed by atoms with Crippen molar-refractivity contribution in [2.24, 2.45) is 4.99 Å². The number of aromatic nitrogens is 3. The van der Waals surface area contributed by atoms with Gasteiger partial charge in [-0.15, -0.1) is 0 Å². The third kappa shape index (κ3) is 5.40. The molecule has 0 spiro atoms. The Kier molecular flexibility index (Phi) is 7.57. The Hall–Kier alpha value is -2.86. The van der Waals surface area contributed by atoms with Crippen LogP contribution in [0.15, 0.2) is 35.0 Å². The third-order valence-electron chi connectivity index (χ3n) is 6.36. The fourth-order valence-corrected chi connectivity index (χ4v) is 5.62. The minimum Gasteiger partial charge on any atom is -0.395 e. The second-order valence-corrected chi connectivity index (χ2v) is 10.6. The van der Waals surface area contributed by atoms with E-state index in [1.54, 1.807) is 19.2 Å². The zero-order valence-electron chi connectivity index (χ0n) is 20.6. The molecule has 3 N–H and O–H groups in total. The maximum absolute atomic E-state index is 15.1. The number of benzene rings is 1. The molecule has 1 aliphatic heterocycles. The van der Waals surface area contributed by atoms with Crippen molar-refractivity contribution in [2.45, 2.75) is 44.6 Å². The van der Waals surface area contributed by atoms with Crippen LogP contribution in [0.5, 0.6) is 0 Å². The van der Waals surface area contributed by atoms with Crippen LogP contribution in [0.3, 0.4) is 0 Å². The van der Waals surface area contributed by atoms with Gasteiger partial charge in [-0.25, -0.2) is 9.37 Å². The minimum absolute atomic E-state index is 0.0961. The smallest absolute Gasteiger partial charge is 0.228 e. The van der Waals surface area contributed by atoms with E-state index < -0.39 is 5.82 Å². The Morgan fingerprint density at radius 2 is 2.19 bits per heavy atom. The number of fused-ring (bicyclic) bond motifs is 1. The number of thiazole rings is 1. The van der Waals surface area contributed by atoms with Crippen LogP contribution in [-0.2, 0) is 11.3 Å². The van der Waals surface area contributed by atoms with Gasteiger partial charge in [0.25, 0.3) is 0 Å². The molecule has 12 heteroatoms. The average molecular weight is 546 g/mol. The van der Waals surface area contributed by atoms with Crippen molar-refractivity contribution in [3.05, 3.63) is 45.6 Å². The van der Waals surface area contributed by atoms with Gasteiger partial charge in [-0.1, -0.05) is 22.9 Å². The number of hydrogen-bond acceptors (Lipinski definition) is 9. The molecule has 2 unspecified atom stereocenters. The molecule has 196 valence electrons. The van der Waals surface area contributed by atoms with E-state index in [-0.39, 0.29) is 18.8 Å². The molecule has 0 bridgehead atoms. The maximum atomic E-state index is 15.1. The van der Waals surface area contributed by atoms with E-state index in [9.17, 15) is 5.11 Å². The molecule has 2 fully saturated rings. The highest BCUT2D eigenvalue weighted by Gasteiger charge is 2.31. The van der Waals surface area contributed by atoms with Crippen molar-refractivity contribution in [3.8, 4) is 11.3 Å². The van der Waals surface area contributed by atoms with Crippen LogP contribution in [-0.4, -0.2) is 70.9 Å². The van der Waals surface area contributed by atoms with Gasteiger partial charge in [0.2, 0.25) is 5.95 Å². The van der Waals surface area contributed by atoms with Crippen LogP contribution in [0.2, 0.25) is 5.02 Å². The van der Waals surface area contributed by atoms with E-state index >= 15 is 4.39 Å². The van der Waals surface area contributed by atoms with Gasteiger partial charge < -0.3 is 25.5 Å².